The van der Waals surface area contributed by atoms with E-state index in [9.17, 15) is 4.79 Å². The average molecular weight is 349 g/mol. The van der Waals surface area contributed by atoms with Crippen molar-refractivity contribution in [1.29, 1.82) is 5.26 Å². The summed E-state index contributed by atoms with van der Waals surface area (Å²) in [4.78, 5) is 14.4. The van der Waals surface area contributed by atoms with Crippen LogP contribution in [0.4, 0.5) is 0 Å². The first kappa shape index (κ1) is 18.0. The topological polar surface area (TPSA) is 65.4 Å². The van der Waals surface area contributed by atoms with Gasteiger partial charge >= 0.3 is 0 Å². The van der Waals surface area contributed by atoms with E-state index < -0.39 is 0 Å². The maximum Gasteiger partial charge on any atom is 0.257 e. The monoisotopic (exact) mass is 349 g/mol. The van der Waals surface area contributed by atoms with Crippen molar-refractivity contribution in [3.05, 3.63) is 65.2 Å². The lowest BCUT2D eigenvalue weighted by Gasteiger charge is -2.33. The van der Waals surface area contributed by atoms with Gasteiger partial charge in [-0.15, -0.1) is 0 Å². The lowest BCUT2D eigenvalue weighted by Crippen LogP contribution is -2.45. The number of nitriles is 1. The van der Waals surface area contributed by atoms with Crippen molar-refractivity contribution in [2.45, 2.75) is 25.9 Å². The molecule has 0 saturated heterocycles. The Bertz CT molecular complexity index is 796. The lowest BCUT2D eigenvalue weighted by molar-refractivity contribution is -0.123. The molecule has 0 bridgehead atoms. The number of ether oxygens (including phenoxy) is 1. The zero-order valence-electron chi connectivity index (χ0n) is 14.9. The first-order valence-corrected chi connectivity index (χ1v) is 8.86. The standard InChI is InChI=1S/C21H23N3O2/c1-16(24-11-10-18-4-2-3-5-19(18)14-24)13-23-21(25)15-26-20-8-6-17(12-22)7-9-20/h2-9,16H,10-11,13-15H2,1H3,(H,23,25)/t16-/m0/s1. The minimum absolute atomic E-state index is 0.0263. The summed E-state index contributed by atoms with van der Waals surface area (Å²) >= 11 is 0. The maximum atomic E-state index is 12.0. The van der Waals surface area contributed by atoms with Crippen molar-refractivity contribution < 1.29 is 9.53 Å². The van der Waals surface area contributed by atoms with Crippen molar-refractivity contribution in [2.75, 3.05) is 19.7 Å². The van der Waals surface area contributed by atoms with Gasteiger partial charge in [0.25, 0.3) is 5.91 Å². The minimum Gasteiger partial charge on any atom is -0.484 e. The van der Waals surface area contributed by atoms with Gasteiger partial charge < -0.3 is 10.1 Å². The predicted molar refractivity (Wildman–Crippen MR) is 99.7 cm³/mol. The normalized spacial score (nSPS) is 14.8. The molecule has 1 N–H and O–H groups in total. The van der Waals surface area contributed by atoms with E-state index in [0.717, 1.165) is 19.5 Å². The number of carbonyl (C=O) groups excluding carboxylic acids is 1. The quantitative estimate of drug-likeness (QED) is 0.870. The van der Waals surface area contributed by atoms with E-state index in [4.69, 9.17) is 10.00 Å². The first-order chi connectivity index (χ1) is 12.7. The number of hydrogen-bond acceptors (Lipinski definition) is 4. The van der Waals surface area contributed by atoms with Crippen LogP contribution in [0.15, 0.2) is 48.5 Å². The van der Waals surface area contributed by atoms with E-state index in [2.05, 4.69) is 41.4 Å². The van der Waals surface area contributed by atoms with Crippen LogP contribution in [0, 0.1) is 11.3 Å². The summed E-state index contributed by atoms with van der Waals surface area (Å²) in [7, 11) is 0. The van der Waals surface area contributed by atoms with Gasteiger partial charge in [-0.1, -0.05) is 24.3 Å². The highest BCUT2D eigenvalue weighted by atomic mass is 16.5. The molecule has 2 aromatic rings. The number of amides is 1. The molecule has 1 heterocycles. The summed E-state index contributed by atoms with van der Waals surface area (Å²) in [5.41, 5.74) is 3.37. The Morgan fingerprint density at radius 2 is 1.96 bits per heavy atom. The third kappa shape index (κ3) is 4.62. The molecule has 1 aliphatic rings. The Labute approximate surface area is 154 Å². The molecule has 1 aliphatic heterocycles. The molecule has 0 aromatic heterocycles. The fourth-order valence-corrected chi connectivity index (χ4v) is 3.11. The van der Waals surface area contributed by atoms with Gasteiger partial charge in [-0.3, -0.25) is 9.69 Å². The third-order valence-electron chi connectivity index (χ3n) is 4.73. The van der Waals surface area contributed by atoms with Crippen molar-refractivity contribution in [1.82, 2.24) is 10.2 Å². The second-order valence-corrected chi connectivity index (χ2v) is 6.57. The summed E-state index contributed by atoms with van der Waals surface area (Å²) in [5.74, 6) is 0.443. The second-order valence-electron chi connectivity index (χ2n) is 6.57. The molecule has 3 rings (SSSR count). The summed E-state index contributed by atoms with van der Waals surface area (Å²) in [6.45, 7) is 4.64. The molecule has 5 nitrogen and oxygen atoms in total. The van der Waals surface area contributed by atoms with Gasteiger partial charge in [0, 0.05) is 25.7 Å². The van der Waals surface area contributed by atoms with Crippen LogP contribution in [0.1, 0.15) is 23.6 Å². The van der Waals surface area contributed by atoms with E-state index in [-0.39, 0.29) is 18.6 Å². The van der Waals surface area contributed by atoms with Crippen molar-refractivity contribution >= 4 is 5.91 Å². The predicted octanol–water partition coefficient (Wildman–Crippen LogP) is 2.50. The second kappa shape index (κ2) is 8.50. The van der Waals surface area contributed by atoms with Crippen LogP contribution in [0.3, 0.4) is 0 Å². The fraction of sp³-hybridized carbons (Fsp3) is 0.333. The molecule has 0 radical (unpaired) electrons. The number of nitrogens with one attached hydrogen (secondary N) is 1. The molecule has 0 spiro atoms. The van der Waals surface area contributed by atoms with Crippen LogP contribution in [-0.4, -0.2) is 36.5 Å². The van der Waals surface area contributed by atoms with Gasteiger partial charge in [0.1, 0.15) is 5.75 Å². The highest BCUT2D eigenvalue weighted by Crippen LogP contribution is 2.20. The summed E-state index contributed by atoms with van der Waals surface area (Å²) < 4.78 is 5.46. The molecule has 0 saturated carbocycles. The Kier molecular flexibility index (Phi) is 5.88. The molecule has 5 heteroatoms. The van der Waals surface area contributed by atoms with Crippen LogP contribution in [0.5, 0.6) is 5.75 Å². The maximum absolute atomic E-state index is 12.0. The van der Waals surface area contributed by atoms with Crippen molar-refractivity contribution in [3.8, 4) is 11.8 Å². The molecule has 0 aliphatic carbocycles. The zero-order valence-corrected chi connectivity index (χ0v) is 14.9. The largest absolute Gasteiger partial charge is 0.484 e. The van der Waals surface area contributed by atoms with Gasteiger partial charge in [-0.25, -0.2) is 0 Å². The van der Waals surface area contributed by atoms with Crippen LogP contribution in [0.2, 0.25) is 0 Å². The fourth-order valence-electron chi connectivity index (χ4n) is 3.11. The molecular weight excluding hydrogens is 326 g/mol. The number of hydrogen-bond donors (Lipinski definition) is 1. The lowest BCUT2D eigenvalue weighted by atomic mass is 9.99. The van der Waals surface area contributed by atoms with E-state index >= 15 is 0 Å². The van der Waals surface area contributed by atoms with Gasteiger partial charge in [0.2, 0.25) is 0 Å². The molecule has 134 valence electrons. The van der Waals surface area contributed by atoms with E-state index in [0.29, 0.717) is 17.9 Å². The smallest absolute Gasteiger partial charge is 0.257 e. The summed E-state index contributed by atoms with van der Waals surface area (Å²) in [6, 6.07) is 17.6. The number of fused-ring (bicyclic) bond motifs is 1. The number of rotatable bonds is 6. The van der Waals surface area contributed by atoms with E-state index in [1.165, 1.54) is 11.1 Å². The van der Waals surface area contributed by atoms with Crippen LogP contribution >= 0.6 is 0 Å². The molecular formula is C21H23N3O2. The highest BCUT2D eigenvalue weighted by Gasteiger charge is 2.20. The summed E-state index contributed by atoms with van der Waals surface area (Å²) in [6.07, 6.45) is 1.05. The molecule has 1 atom stereocenters. The molecule has 26 heavy (non-hydrogen) atoms. The molecule has 1 amide bonds. The van der Waals surface area contributed by atoms with Crippen LogP contribution < -0.4 is 10.1 Å². The van der Waals surface area contributed by atoms with Gasteiger partial charge in [-0.2, -0.15) is 5.26 Å². The van der Waals surface area contributed by atoms with Gasteiger partial charge in [0.05, 0.1) is 11.6 Å². The van der Waals surface area contributed by atoms with E-state index in [1.807, 2.05) is 6.07 Å². The average Bonchev–Trinajstić information content (AvgIpc) is 2.70. The minimum atomic E-state index is -0.140. The molecule has 2 aromatic carbocycles. The number of nitrogens with zero attached hydrogens (tertiary/aromatic N) is 2. The molecule has 0 fully saturated rings. The Balaban J connectivity index is 1.42. The SMILES string of the molecule is C[C@@H](CNC(=O)COc1ccc(C#N)cc1)N1CCc2ccccc2C1. The van der Waals surface area contributed by atoms with Crippen LogP contribution in [-0.2, 0) is 17.8 Å². The van der Waals surface area contributed by atoms with Gasteiger partial charge in [0.15, 0.2) is 6.61 Å². The summed E-state index contributed by atoms with van der Waals surface area (Å²) in [5, 5.41) is 11.7. The highest BCUT2D eigenvalue weighted by molar-refractivity contribution is 5.77. The third-order valence-corrected chi connectivity index (χ3v) is 4.73. The van der Waals surface area contributed by atoms with Crippen molar-refractivity contribution in [3.63, 3.8) is 0 Å². The van der Waals surface area contributed by atoms with E-state index in [1.54, 1.807) is 24.3 Å². The zero-order chi connectivity index (χ0) is 18.4. The first-order valence-electron chi connectivity index (χ1n) is 8.86. The Hall–Kier alpha value is -2.84. The van der Waals surface area contributed by atoms with Crippen molar-refractivity contribution in [2.24, 2.45) is 0 Å². The molecule has 0 unspecified atom stereocenters. The van der Waals surface area contributed by atoms with Crippen LogP contribution in [0.25, 0.3) is 0 Å². The van der Waals surface area contributed by atoms with Gasteiger partial charge in [-0.05, 0) is 48.7 Å². The Morgan fingerprint density at radius 1 is 1.23 bits per heavy atom. The number of benzene rings is 2. The Morgan fingerprint density at radius 3 is 2.69 bits per heavy atom. The number of carbonyl (C=O) groups is 1.